The first-order valence-electron chi connectivity index (χ1n) is 11.9. The number of rotatable bonds is 7. The summed E-state index contributed by atoms with van der Waals surface area (Å²) in [5, 5.41) is 6.28. The first-order chi connectivity index (χ1) is 17.2. The van der Waals surface area contributed by atoms with E-state index in [0.717, 1.165) is 24.4 Å². The molecule has 190 valence electrons. The average molecular weight is 500 g/mol. The molecule has 0 unspecified atom stereocenters. The molecule has 4 rings (SSSR count). The first kappa shape index (κ1) is 25.3. The maximum Gasteiger partial charge on any atom is 0.416 e. The normalized spacial score (nSPS) is 13.3. The van der Waals surface area contributed by atoms with Gasteiger partial charge in [-0.25, -0.2) is 4.98 Å². The zero-order valence-corrected chi connectivity index (χ0v) is 20.2. The molecule has 2 heterocycles. The van der Waals surface area contributed by atoms with Crippen molar-refractivity contribution in [2.75, 3.05) is 23.7 Å². The number of aromatic nitrogens is 2. The van der Waals surface area contributed by atoms with Crippen LogP contribution < -0.4 is 16.2 Å². The molecule has 0 fully saturated rings. The number of halogens is 3. The molecule has 0 bridgehead atoms. The number of nitrogens with zero attached hydrogens (tertiary/aromatic N) is 3. The van der Waals surface area contributed by atoms with E-state index in [9.17, 15) is 22.8 Å². The maximum absolute atomic E-state index is 13.3. The Kier molecular flexibility index (Phi) is 7.32. The summed E-state index contributed by atoms with van der Waals surface area (Å²) in [6.45, 7) is 5.78. The number of carbonyl (C=O) groups is 1. The second kappa shape index (κ2) is 10.4. The Labute approximate surface area is 207 Å². The van der Waals surface area contributed by atoms with Crippen LogP contribution in [0.1, 0.15) is 46.6 Å². The van der Waals surface area contributed by atoms with Crippen LogP contribution in [0.4, 0.5) is 24.8 Å². The summed E-state index contributed by atoms with van der Waals surface area (Å²) in [5.74, 6) is 0.218. The second-order valence-electron chi connectivity index (χ2n) is 8.54. The molecule has 0 atom stereocenters. The Morgan fingerprint density at radius 1 is 1.03 bits per heavy atom. The summed E-state index contributed by atoms with van der Waals surface area (Å²) in [7, 11) is 0. The van der Waals surface area contributed by atoms with Crippen LogP contribution in [-0.4, -0.2) is 33.4 Å². The van der Waals surface area contributed by atoms with Gasteiger partial charge in [0.15, 0.2) is 0 Å². The van der Waals surface area contributed by atoms with Crippen LogP contribution in [0.5, 0.6) is 0 Å². The minimum atomic E-state index is -4.39. The number of carbonyl (C=O) groups excluding carboxylic acids is 1. The molecular formula is C26H28F3N5O2. The monoisotopic (exact) mass is 499 g/mol. The molecular weight excluding hydrogens is 471 g/mol. The Bertz CT molecular complexity index is 1290. The molecule has 1 aromatic heterocycles. The van der Waals surface area contributed by atoms with Crippen LogP contribution in [0.25, 0.3) is 0 Å². The maximum atomic E-state index is 13.3. The predicted octanol–water partition coefficient (Wildman–Crippen LogP) is 4.52. The molecule has 2 N–H and O–H groups in total. The van der Waals surface area contributed by atoms with E-state index in [2.05, 4.69) is 15.6 Å². The number of hydrogen-bond donors (Lipinski definition) is 2. The van der Waals surface area contributed by atoms with Crippen LogP contribution in [0, 0.1) is 0 Å². The topological polar surface area (TPSA) is 79.3 Å². The highest BCUT2D eigenvalue weighted by atomic mass is 19.4. The van der Waals surface area contributed by atoms with E-state index >= 15 is 0 Å². The Morgan fingerprint density at radius 2 is 1.72 bits per heavy atom. The van der Waals surface area contributed by atoms with Gasteiger partial charge >= 0.3 is 6.18 Å². The zero-order valence-electron chi connectivity index (χ0n) is 20.2. The Hall–Kier alpha value is -3.82. The molecule has 1 aliphatic heterocycles. The lowest BCUT2D eigenvalue weighted by atomic mass is 10.1. The molecule has 1 aliphatic rings. The number of benzene rings is 2. The van der Waals surface area contributed by atoms with Gasteiger partial charge in [-0.2, -0.15) is 13.2 Å². The largest absolute Gasteiger partial charge is 0.416 e. The van der Waals surface area contributed by atoms with Gasteiger partial charge < -0.3 is 15.5 Å². The first-order valence-corrected chi connectivity index (χ1v) is 11.9. The average Bonchev–Trinajstić information content (AvgIpc) is 2.87. The van der Waals surface area contributed by atoms with E-state index in [0.29, 0.717) is 47.8 Å². The third-order valence-electron chi connectivity index (χ3n) is 6.16. The molecule has 0 spiro atoms. The molecule has 1 amide bonds. The van der Waals surface area contributed by atoms with Gasteiger partial charge in [-0.1, -0.05) is 12.1 Å². The van der Waals surface area contributed by atoms with Crippen molar-refractivity contribution in [2.24, 2.45) is 0 Å². The highest BCUT2D eigenvalue weighted by Gasteiger charge is 2.30. The molecule has 7 nitrogen and oxygen atoms in total. The molecule has 0 radical (unpaired) electrons. The van der Waals surface area contributed by atoms with Gasteiger partial charge in [0.25, 0.3) is 11.5 Å². The van der Waals surface area contributed by atoms with E-state index < -0.39 is 11.7 Å². The molecule has 2 aromatic carbocycles. The van der Waals surface area contributed by atoms with Crippen molar-refractivity contribution in [1.82, 2.24) is 14.5 Å². The van der Waals surface area contributed by atoms with Crippen LogP contribution in [0.2, 0.25) is 0 Å². The standard InChI is InChI=1S/C26H28F3N5O2/c1-3-30-20-11-7-18(8-12-20)23(35)33-14-13-22-21(16-33)24(36)34(4-2)25(32-22)31-15-17-5-9-19(10-6-17)26(27,28)29/h5-12,30H,3-4,13-16H2,1-2H3,(H,31,32). The predicted molar refractivity (Wildman–Crippen MR) is 132 cm³/mol. The third-order valence-corrected chi connectivity index (χ3v) is 6.16. The number of fused-ring (bicyclic) bond motifs is 1. The van der Waals surface area contributed by atoms with Crippen molar-refractivity contribution in [2.45, 2.75) is 46.1 Å². The summed E-state index contributed by atoms with van der Waals surface area (Å²) in [4.78, 5) is 32.6. The summed E-state index contributed by atoms with van der Waals surface area (Å²) in [6.07, 6.45) is -3.95. The summed E-state index contributed by atoms with van der Waals surface area (Å²) in [6, 6.07) is 12.1. The summed E-state index contributed by atoms with van der Waals surface area (Å²) < 4.78 is 39.9. The minimum absolute atomic E-state index is 0.143. The van der Waals surface area contributed by atoms with Crippen molar-refractivity contribution in [3.05, 3.63) is 86.8 Å². The quantitative estimate of drug-likeness (QED) is 0.500. The number of alkyl halides is 3. The molecule has 3 aromatic rings. The van der Waals surface area contributed by atoms with Gasteiger partial charge in [0.05, 0.1) is 23.4 Å². The van der Waals surface area contributed by atoms with Gasteiger partial charge in [0.1, 0.15) is 0 Å². The Morgan fingerprint density at radius 3 is 2.33 bits per heavy atom. The molecule has 0 aliphatic carbocycles. The number of amides is 1. The SMILES string of the molecule is CCNc1ccc(C(=O)N2CCc3nc(NCc4ccc(C(F)(F)F)cc4)n(CC)c(=O)c3C2)cc1. The summed E-state index contributed by atoms with van der Waals surface area (Å²) >= 11 is 0. The van der Waals surface area contributed by atoms with E-state index in [-0.39, 0.29) is 24.6 Å². The van der Waals surface area contributed by atoms with Crippen LogP contribution in [0.3, 0.4) is 0 Å². The smallest absolute Gasteiger partial charge is 0.385 e. The third kappa shape index (κ3) is 5.37. The number of hydrogen-bond acceptors (Lipinski definition) is 5. The van der Waals surface area contributed by atoms with Gasteiger partial charge in [0.2, 0.25) is 5.95 Å². The fraction of sp³-hybridized carbons (Fsp3) is 0.346. The van der Waals surface area contributed by atoms with Gasteiger partial charge in [-0.3, -0.25) is 14.2 Å². The minimum Gasteiger partial charge on any atom is -0.385 e. The number of nitrogens with one attached hydrogen (secondary N) is 2. The highest BCUT2D eigenvalue weighted by molar-refractivity contribution is 5.94. The van der Waals surface area contributed by atoms with Crippen molar-refractivity contribution in [3.63, 3.8) is 0 Å². The molecule has 10 heteroatoms. The van der Waals surface area contributed by atoms with Crippen molar-refractivity contribution in [3.8, 4) is 0 Å². The fourth-order valence-corrected chi connectivity index (χ4v) is 4.23. The lowest BCUT2D eigenvalue weighted by Crippen LogP contribution is -2.41. The molecule has 0 saturated carbocycles. The van der Waals surface area contributed by atoms with Crippen LogP contribution >= 0.6 is 0 Å². The fourth-order valence-electron chi connectivity index (χ4n) is 4.23. The lowest BCUT2D eigenvalue weighted by molar-refractivity contribution is -0.137. The van der Waals surface area contributed by atoms with Crippen molar-refractivity contribution < 1.29 is 18.0 Å². The zero-order chi connectivity index (χ0) is 25.9. The molecule has 0 saturated heterocycles. The van der Waals surface area contributed by atoms with Crippen molar-refractivity contribution in [1.29, 1.82) is 0 Å². The molecule has 36 heavy (non-hydrogen) atoms. The van der Waals surface area contributed by atoms with Gasteiger partial charge in [-0.05, 0) is 55.8 Å². The van der Waals surface area contributed by atoms with Gasteiger partial charge in [0, 0.05) is 43.9 Å². The Balaban J connectivity index is 1.50. The lowest BCUT2D eigenvalue weighted by Gasteiger charge is -2.29. The summed E-state index contributed by atoms with van der Waals surface area (Å²) in [5.41, 5.74) is 2.30. The highest BCUT2D eigenvalue weighted by Crippen LogP contribution is 2.29. The van der Waals surface area contributed by atoms with E-state index in [4.69, 9.17) is 0 Å². The van der Waals surface area contributed by atoms with Gasteiger partial charge in [-0.15, -0.1) is 0 Å². The van der Waals surface area contributed by atoms with E-state index in [1.54, 1.807) is 17.0 Å². The van der Waals surface area contributed by atoms with Crippen molar-refractivity contribution >= 4 is 17.5 Å². The van der Waals surface area contributed by atoms with E-state index in [1.165, 1.54) is 16.7 Å². The second-order valence-corrected chi connectivity index (χ2v) is 8.54. The number of anilines is 2. The van der Waals surface area contributed by atoms with E-state index in [1.807, 2.05) is 26.0 Å². The van der Waals surface area contributed by atoms with Crippen LogP contribution in [-0.2, 0) is 32.2 Å². The van der Waals surface area contributed by atoms with Crippen LogP contribution in [0.15, 0.2) is 53.3 Å².